The van der Waals surface area contributed by atoms with Crippen LogP contribution in [0, 0.1) is 0 Å². The van der Waals surface area contributed by atoms with Crippen molar-refractivity contribution in [3.63, 3.8) is 0 Å². The number of carbonyl (C=O) groups excluding carboxylic acids is 2. The van der Waals surface area contributed by atoms with Gasteiger partial charge in [-0.2, -0.15) is 0 Å². The minimum atomic E-state index is -0.815. The molecule has 0 spiro atoms. The van der Waals surface area contributed by atoms with Crippen molar-refractivity contribution in [2.24, 2.45) is 0 Å². The van der Waals surface area contributed by atoms with Crippen LogP contribution in [0.25, 0.3) is 0 Å². The largest absolute Gasteiger partial charge is 0.466 e. The van der Waals surface area contributed by atoms with Crippen LogP contribution in [0.5, 0.6) is 0 Å². The second-order valence-electron chi connectivity index (χ2n) is 9.07. The predicted octanol–water partition coefficient (Wildman–Crippen LogP) is 4.61. The van der Waals surface area contributed by atoms with Crippen LogP contribution in [-0.2, 0) is 46.5 Å². The average molecular weight is 485 g/mol. The van der Waals surface area contributed by atoms with E-state index in [4.69, 9.17) is 23.7 Å². The molecular weight excluding hydrogens is 448 g/mol. The summed E-state index contributed by atoms with van der Waals surface area (Å²) in [7, 11) is 0. The molecule has 35 heavy (non-hydrogen) atoms. The zero-order chi connectivity index (χ0) is 25.1. The third-order valence-corrected chi connectivity index (χ3v) is 5.95. The number of rotatable bonds is 13. The molecule has 1 aliphatic heterocycles. The zero-order valence-corrected chi connectivity index (χ0v) is 20.8. The lowest BCUT2D eigenvalue weighted by molar-refractivity contribution is -0.158. The van der Waals surface area contributed by atoms with E-state index in [9.17, 15) is 9.59 Å². The highest BCUT2D eigenvalue weighted by Crippen LogP contribution is 2.38. The number of unbranched alkanes of at least 4 members (excludes halogenated alkanes) is 1. The Hall–Kier alpha value is -2.74. The van der Waals surface area contributed by atoms with Gasteiger partial charge in [-0.15, -0.1) is 0 Å². The molecule has 2 aromatic rings. The molecule has 7 nitrogen and oxygen atoms in total. The summed E-state index contributed by atoms with van der Waals surface area (Å²) in [5.74, 6) is -0.677. The second-order valence-corrected chi connectivity index (χ2v) is 9.07. The van der Waals surface area contributed by atoms with E-state index in [1.54, 1.807) is 0 Å². The van der Waals surface area contributed by atoms with Gasteiger partial charge in [0.05, 0.1) is 32.5 Å². The summed E-state index contributed by atoms with van der Waals surface area (Å²) in [4.78, 5) is 23.0. The van der Waals surface area contributed by atoms with Crippen molar-refractivity contribution >= 4 is 11.9 Å². The first kappa shape index (κ1) is 26.9. The molecule has 7 heteroatoms. The number of carbonyl (C=O) groups is 2. The average Bonchev–Trinajstić information content (AvgIpc) is 3.08. The molecule has 3 rings (SSSR count). The predicted molar refractivity (Wildman–Crippen MR) is 130 cm³/mol. The van der Waals surface area contributed by atoms with Crippen LogP contribution in [0.4, 0.5) is 0 Å². The van der Waals surface area contributed by atoms with Crippen molar-refractivity contribution in [3.8, 4) is 0 Å². The van der Waals surface area contributed by atoms with E-state index in [0.717, 1.165) is 17.5 Å². The van der Waals surface area contributed by atoms with Gasteiger partial charge in [0, 0.05) is 13.8 Å². The Kier molecular flexibility index (Phi) is 10.3. The van der Waals surface area contributed by atoms with Crippen LogP contribution in [0.1, 0.15) is 51.2 Å². The lowest BCUT2D eigenvalue weighted by Gasteiger charge is -2.31. The van der Waals surface area contributed by atoms with E-state index >= 15 is 0 Å². The van der Waals surface area contributed by atoms with E-state index in [1.165, 1.54) is 13.8 Å². The number of ether oxygens (including phenoxy) is 5. The number of hydrogen-bond donors (Lipinski definition) is 0. The summed E-state index contributed by atoms with van der Waals surface area (Å²) >= 11 is 0. The maximum Gasteiger partial charge on any atom is 0.303 e. The first-order valence-electron chi connectivity index (χ1n) is 12.1. The van der Waals surface area contributed by atoms with Gasteiger partial charge < -0.3 is 23.7 Å². The SMILES string of the molecule is CC(=O)OCCCC[C@@H]1O[C@](C)(COCc2ccccc2)[C@H](OCc2ccccc2)[C@@H]1OC(C)=O. The van der Waals surface area contributed by atoms with Gasteiger partial charge in [0.2, 0.25) is 0 Å². The Bertz CT molecular complexity index is 917. The molecule has 2 aromatic carbocycles. The molecule has 1 aliphatic rings. The van der Waals surface area contributed by atoms with Crippen LogP contribution < -0.4 is 0 Å². The summed E-state index contributed by atoms with van der Waals surface area (Å²) in [5.41, 5.74) is 1.27. The van der Waals surface area contributed by atoms with Gasteiger partial charge in [-0.25, -0.2) is 0 Å². The quantitative estimate of drug-likeness (QED) is 0.303. The van der Waals surface area contributed by atoms with Gasteiger partial charge in [0.1, 0.15) is 11.7 Å². The van der Waals surface area contributed by atoms with Crippen molar-refractivity contribution in [1.29, 1.82) is 0 Å². The van der Waals surface area contributed by atoms with Gasteiger partial charge in [0.25, 0.3) is 0 Å². The second kappa shape index (κ2) is 13.4. The van der Waals surface area contributed by atoms with Crippen molar-refractivity contribution in [1.82, 2.24) is 0 Å². The Balaban J connectivity index is 1.71. The lowest BCUT2D eigenvalue weighted by atomic mass is 9.95. The van der Waals surface area contributed by atoms with Gasteiger partial charge >= 0.3 is 11.9 Å². The van der Waals surface area contributed by atoms with Gasteiger partial charge in [-0.3, -0.25) is 9.59 Å². The molecular formula is C28H36O7. The molecule has 1 fully saturated rings. The fraction of sp³-hybridized carbons (Fsp3) is 0.500. The molecule has 0 N–H and O–H groups in total. The highest BCUT2D eigenvalue weighted by molar-refractivity contribution is 5.66. The monoisotopic (exact) mass is 484 g/mol. The molecule has 1 saturated heterocycles. The van der Waals surface area contributed by atoms with Crippen molar-refractivity contribution < 1.29 is 33.3 Å². The molecule has 0 aliphatic carbocycles. The van der Waals surface area contributed by atoms with Gasteiger partial charge in [0.15, 0.2) is 6.10 Å². The summed E-state index contributed by atoms with van der Waals surface area (Å²) in [6.07, 6.45) is 0.641. The molecule has 0 radical (unpaired) electrons. The molecule has 0 amide bonds. The first-order chi connectivity index (χ1) is 16.9. The van der Waals surface area contributed by atoms with E-state index in [0.29, 0.717) is 32.7 Å². The van der Waals surface area contributed by atoms with Gasteiger partial charge in [-0.1, -0.05) is 60.7 Å². The zero-order valence-electron chi connectivity index (χ0n) is 20.8. The number of hydrogen-bond acceptors (Lipinski definition) is 7. The van der Waals surface area contributed by atoms with E-state index in [2.05, 4.69) is 0 Å². The molecule has 4 atom stereocenters. The number of esters is 2. The number of benzene rings is 2. The van der Waals surface area contributed by atoms with Gasteiger partial charge in [-0.05, 0) is 37.3 Å². The minimum absolute atomic E-state index is 0.281. The van der Waals surface area contributed by atoms with Crippen LogP contribution >= 0.6 is 0 Å². The summed E-state index contributed by atoms with van der Waals surface area (Å²) in [6.45, 7) is 6.17. The molecule has 0 aromatic heterocycles. The van der Waals surface area contributed by atoms with Crippen molar-refractivity contribution in [2.75, 3.05) is 13.2 Å². The van der Waals surface area contributed by atoms with E-state index < -0.39 is 17.8 Å². The normalized spacial score (nSPS) is 23.7. The molecule has 1 heterocycles. The molecule has 0 saturated carbocycles. The smallest absolute Gasteiger partial charge is 0.303 e. The van der Waals surface area contributed by atoms with Crippen LogP contribution in [0.2, 0.25) is 0 Å². The Morgan fingerprint density at radius 2 is 1.51 bits per heavy atom. The molecule has 0 unspecified atom stereocenters. The molecule has 190 valence electrons. The van der Waals surface area contributed by atoms with E-state index in [-0.39, 0.29) is 24.6 Å². The lowest BCUT2D eigenvalue weighted by Crippen LogP contribution is -2.47. The fourth-order valence-corrected chi connectivity index (χ4v) is 4.33. The topological polar surface area (TPSA) is 80.3 Å². The van der Waals surface area contributed by atoms with Crippen LogP contribution in [-0.4, -0.2) is 49.1 Å². The first-order valence-corrected chi connectivity index (χ1v) is 12.1. The summed E-state index contributed by atoms with van der Waals surface area (Å²) < 4.78 is 29.7. The van der Waals surface area contributed by atoms with E-state index in [1.807, 2.05) is 67.6 Å². The van der Waals surface area contributed by atoms with Crippen molar-refractivity contribution in [2.45, 2.75) is 77.2 Å². The fourth-order valence-electron chi connectivity index (χ4n) is 4.33. The minimum Gasteiger partial charge on any atom is -0.466 e. The standard InChI is InChI=1S/C28H36O7/c1-21(29)32-17-11-10-16-25-26(34-22(2)30)27(33-19-24-14-8-5-9-15-24)28(3,35-25)20-31-18-23-12-6-4-7-13-23/h4-9,12-15,25-27H,10-11,16-20H2,1-3H3/t25-,26+,27+,28+/m0/s1. The van der Waals surface area contributed by atoms with Crippen LogP contribution in [0.15, 0.2) is 60.7 Å². The Labute approximate surface area is 207 Å². The third-order valence-electron chi connectivity index (χ3n) is 5.95. The Morgan fingerprint density at radius 3 is 2.11 bits per heavy atom. The Morgan fingerprint density at radius 1 is 0.886 bits per heavy atom. The maximum absolute atomic E-state index is 12.0. The maximum atomic E-state index is 12.0. The van der Waals surface area contributed by atoms with Crippen LogP contribution in [0.3, 0.4) is 0 Å². The summed E-state index contributed by atoms with van der Waals surface area (Å²) in [6, 6.07) is 19.8. The van der Waals surface area contributed by atoms with Crippen molar-refractivity contribution in [3.05, 3.63) is 71.8 Å². The molecule has 0 bridgehead atoms. The highest BCUT2D eigenvalue weighted by atomic mass is 16.6. The summed E-state index contributed by atoms with van der Waals surface area (Å²) in [5, 5.41) is 0. The highest BCUT2D eigenvalue weighted by Gasteiger charge is 2.55. The third kappa shape index (κ3) is 8.46.